The lowest BCUT2D eigenvalue weighted by Gasteiger charge is -2.19. The van der Waals surface area contributed by atoms with Crippen molar-refractivity contribution in [3.05, 3.63) is 16.8 Å². The number of hydrogen-bond acceptors (Lipinski definition) is 6. The topological polar surface area (TPSA) is 77.5 Å². The summed E-state index contributed by atoms with van der Waals surface area (Å²) >= 11 is 1.34. The Morgan fingerprint density at radius 3 is 2.62 bits per heavy atom. The van der Waals surface area contributed by atoms with Gasteiger partial charge >= 0.3 is 12.1 Å². The Kier molecular flexibility index (Phi) is 5.90. The van der Waals surface area contributed by atoms with E-state index in [-0.39, 0.29) is 12.4 Å². The van der Waals surface area contributed by atoms with Crippen molar-refractivity contribution in [2.75, 3.05) is 12.4 Å². The summed E-state index contributed by atoms with van der Waals surface area (Å²) in [7, 11) is 1.33. The monoisotopic (exact) mass is 312 g/mol. The number of methoxy groups -OCH3 is 1. The Labute approximate surface area is 128 Å². The molecule has 0 bridgehead atoms. The molecule has 1 heterocycles. The van der Waals surface area contributed by atoms with E-state index < -0.39 is 11.7 Å². The molecule has 0 saturated heterocycles. The van der Waals surface area contributed by atoms with E-state index >= 15 is 0 Å². The van der Waals surface area contributed by atoms with E-state index in [0.717, 1.165) is 5.01 Å². The number of amides is 1. The van der Waals surface area contributed by atoms with Crippen LogP contribution in [0.25, 0.3) is 6.08 Å². The summed E-state index contributed by atoms with van der Waals surface area (Å²) in [6, 6.07) is 0. The number of carbonyl (C=O) groups is 2. The molecule has 0 aromatic carbocycles. The summed E-state index contributed by atoms with van der Waals surface area (Å²) < 4.78 is 9.74. The van der Waals surface area contributed by atoms with Crippen LogP contribution in [0.5, 0.6) is 0 Å². The van der Waals surface area contributed by atoms with Gasteiger partial charge in [-0.1, -0.05) is 6.08 Å². The molecule has 0 unspecified atom stereocenters. The second kappa shape index (κ2) is 7.21. The first-order chi connectivity index (χ1) is 9.71. The maximum Gasteiger partial charge on any atom is 0.412 e. The molecule has 1 rings (SSSR count). The molecule has 7 heteroatoms. The number of esters is 1. The van der Waals surface area contributed by atoms with Crippen LogP contribution in [0.2, 0.25) is 0 Å². The van der Waals surface area contributed by atoms with E-state index in [1.807, 2.05) is 6.92 Å². The van der Waals surface area contributed by atoms with E-state index in [2.05, 4.69) is 15.0 Å². The molecule has 1 N–H and O–H groups in total. The number of aryl methyl sites for hydroxylation is 1. The zero-order chi connectivity index (χ0) is 16.0. The normalized spacial score (nSPS) is 11.5. The zero-order valence-corrected chi connectivity index (χ0v) is 13.7. The molecule has 0 radical (unpaired) electrons. The molecule has 0 atom stereocenters. The Bertz CT molecular complexity index is 544. The van der Waals surface area contributed by atoms with Crippen LogP contribution in [0.3, 0.4) is 0 Å². The molecule has 0 aliphatic carbocycles. The van der Waals surface area contributed by atoms with E-state index in [1.165, 1.54) is 18.4 Å². The predicted octanol–water partition coefficient (Wildman–Crippen LogP) is 3.37. The van der Waals surface area contributed by atoms with Gasteiger partial charge in [0.25, 0.3) is 0 Å². The van der Waals surface area contributed by atoms with Gasteiger partial charge in [0, 0.05) is 0 Å². The standard InChI is InChI=1S/C14H20N2O4S/c1-9-15-10(7-6-8-11(17)19-5)12(21-9)16-13(18)20-14(2,3)4/h6-7H,8H2,1-5H3,(H,16,18)/b7-6+. The van der Waals surface area contributed by atoms with Gasteiger partial charge in [0.05, 0.1) is 24.2 Å². The number of rotatable bonds is 4. The molecule has 0 fully saturated rings. The predicted molar refractivity (Wildman–Crippen MR) is 82.4 cm³/mol. The zero-order valence-electron chi connectivity index (χ0n) is 12.9. The molecule has 1 aromatic rings. The molecule has 6 nitrogen and oxygen atoms in total. The van der Waals surface area contributed by atoms with Gasteiger partial charge in [-0.25, -0.2) is 9.78 Å². The fourth-order valence-electron chi connectivity index (χ4n) is 1.39. The first-order valence-electron chi connectivity index (χ1n) is 6.42. The minimum Gasteiger partial charge on any atom is -0.469 e. The van der Waals surface area contributed by atoms with Crippen molar-refractivity contribution in [1.29, 1.82) is 0 Å². The quantitative estimate of drug-likeness (QED) is 0.862. The van der Waals surface area contributed by atoms with Crippen molar-refractivity contribution in [2.45, 2.75) is 39.7 Å². The highest BCUT2D eigenvalue weighted by Crippen LogP contribution is 2.26. The number of ether oxygens (including phenoxy) is 2. The summed E-state index contributed by atoms with van der Waals surface area (Å²) in [5, 5.41) is 4.06. The van der Waals surface area contributed by atoms with Crippen molar-refractivity contribution in [2.24, 2.45) is 0 Å². The van der Waals surface area contributed by atoms with Crippen molar-refractivity contribution in [3.63, 3.8) is 0 Å². The molecule has 21 heavy (non-hydrogen) atoms. The molecule has 116 valence electrons. The highest BCUT2D eigenvalue weighted by atomic mass is 32.1. The van der Waals surface area contributed by atoms with Gasteiger partial charge in [-0.15, -0.1) is 11.3 Å². The third-order valence-corrected chi connectivity index (χ3v) is 3.06. The van der Waals surface area contributed by atoms with Crippen LogP contribution >= 0.6 is 11.3 Å². The van der Waals surface area contributed by atoms with Gasteiger partial charge in [0.2, 0.25) is 0 Å². The first-order valence-corrected chi connectivity index (χ1v) is 7.23. The van der Waals surface area contributed by atoms with Gasteiger partial charge in [-0.05, 0) is 33.8 Å². The fraction of sp³-hybridized carbons (Fsp3) is 0.500. The van der Waals surface area contributed by atoms with Crippen molar-refractivity contribution < 1.29 is 19.1 Å². The fourth-order valence-corrected chi connectivity index (χ4v) is 2.18. The smallest absolute Gasteiger partial charge is 0.412 e. The van der Waals surface area contributed by atoms with Crippen molar-refractivity contribution in [1.82, 2.24) is 4.98 Å². The maximum atomic E-state index is 11.8. The van der Waals surface area contributed by atoms with Gasteiger partial charge in [-0.2, -0.15) is 0 Å². The number of anilines is 1. The van der Waals surface area contributed by atoms with E-state index in [4.69, 9.17) is 4.74 Å². The summed E-state index contributed by atoms with van der Waals surface area (Å²) in [4.78, 5) is 27.1. The first kappa shape index (κ1) is 17.2. The molecule has 0 aliphatic rings. The number of hydrogen-bond donors (Lipinski definition) is 1. The Balaban J connectivity index is 2.75. The Hall–Kier alpha value is -1.89. The largest absolute Gasteiger partial charge is 0.469 e. The van der Waals surface area contributed by atoms with Gasteiger partial charge < -0.3 is 9.47 Å². The van der Waals surface area contributed by atoms with Crippen LogP contribution in [-0.2, 0) is 14.3 Å². The van der Waals surface area contributed by atoms with Crippen LogP contribution < -0.4 is 5.32 Å². The van der Waals surface area contributed by atoms with Crippen LogP contribution in [0.15, 0.2) is 6.08 Å². The van der Waals surface area contributed by atoms with Crippen LogP contribution in [-0.4, -0.2) is 29.8 Å². The number of nitrogens with zero attached hydrogens (tertiary/aromatic N) is 1. The highest BCUT2D eigenvalue weighted by Gasteiger charge is 2.18. The lowest BCUT2D eigenvalue weighted by atomic mass is 10.2. The summed E-state index contributed by atoms with van der Waals surface area (Å²) in [5.41, 5.74) is 0.0253. The van der Waals surface area contributed by atoms with Gasteiger partial charge in [0.1, 0.15) is 10.6 Å². The Morgan fingerprint density at radius 2 is 2.05 bits per heavy atom. The van der Waals surface area contributed by atoms with E-state index in [1.54, 1.807) is 32.9 Å². The van der Waals surface area contributed by atoms with E-state index in [9.17, 15) is 9.59 Å². The minimum atomic E-state index is -0.565. The lowest BCUT2D eigenvalue weighted by molar-refractivity contribution is -0.139. The number of nitrogens with one attached hydrogen (secondary N) is 1. The summed E-state index contributed by atoms with van der Waals surface area (Å²) in [6.45, 7) is 7.22. The molecule has 0 spiro atoms. The molecular formula is C14H20N2O4S. The average Bonchev–Trinajstić information content (AvgIpc) is 2.66. The lowest BCUT2D eigenvalue weighted by Crippen LogP contribution is -2.27. The second-order valence-corrected chi connectivity index (χ2v) is 6.46. The van der Waals surface area contributed by atoms with E-state index in [0.29, 0.717) is 10.7 Å². The highest BCUT2D eigenvalue weighted by molar-refractivity contribution is 7.16. The molecular weight excluding hydrogens is 292 g/mol. The SMILES string of the molecule is COC(=O)C/C=C/c1nc(C)sc1NC(=O)OC(C)(C)C. The maximum absolute atomic E-state index is 11.8. The van der Waals surface area contributed by atoms with Gasteiger partial charge in [0.15, 0.2) is 0 Å². The third kappa shape index (κ3) is 6.40. The average molecular weight is 312 g/mol. The number of aromatic nitrogens is 1. The van der Waals surface area contributed by atoms with Crippen LogP contribution in [0.1, 0.15) is 37.9 Å². The molecule has 0 aliphatic heterocycles. The molecule has 0 saturated carbocycles. The third-order valence-electron chi connectivity index (χ3n) is 2.16. The van der Waals surface area contributed by atoms with Crippen molar-refractivity contribution in [3.8, 4) is 0 Å². The number of thiazole rings is 1. The van der Waals surface area contributed by atoms with Gasteiger partial charge in [-0.3, -0.25) is 10.1 Å². The van der Waals surface area contributed by atoms with Crippen LogP contribution in [0.4, 0.5) is 9.80 Å². The second-order valence-electron chi connectivity index (χ2n) is 5.26. The molecule has 1 amide bonds. The summed E-state index contributed by atoms with van der Waals surface area (Å²) in [5.74, 6) is -0.333. The number of carbonyl (C=O) groups excluding carboxylic acids is 2. The summed E-state index contributed by atoms with van der Waals surface area (Å²) in [6.07, 6.45) is 2.93. The van der Waals surface area contributed by atoms with Crippen molar-refractivity contribution >= 4 is 34.5 Å². The minimum absolute atomic E-state index is 0.152. The van der Waals surface area contributed by atoms with Crippen LogP contribution in [0, 0.1) is 6.92 Å². The molecule has 1 aromatic heterocycles. The Morgan fingerprint density at radius 1 is 1.38 bits per heavy atom.